The third kappa shape index (κ3) is 5.20. The van der Waals surface area contributed by atoms with E-state index in [4.69, 9.17) is 15.7 Å². The van der Waals surface area contributed by atoms with Crippen LogP contribution < -0.4 is 5.73 Å². The summed E-state index contributed by atoms with van der Waals surface area (Å²) >= 11 is 0. The zero-order valence-corrected chi connectivity index (χ0v) is 11.7. The van der Waals surface area contributed by atoms with Crippen molar-refractivity contribution < 1.29 is 9.94 Å². The van der Waals surface area contributed by atoms with Crippen molar-refractivity contribution in [2.45, 2.75) is 32.4 Å². The molecule has 1 aliphatic heterocycles. The second-order valence-electron chi connectivity index (χ2n) is 5.19. The zero-order chi connectivity index (χ0) is 13.5. The van der Waals surface area contributed by atoms with E-state index in [0.717, 1.165) is 32.8 Å². The summed E-state index contributed by atoms with van der Waals surface area (Å²) in [4.78, 5) is 4.60. The average Bonchev–Trinajstić information content (AvgIpc) is 2.33. The number of oxime groups is 1. The molecule has 0 spiro atoms. The van der Waals surface area contributed by atoms with E-state index < -0.39 is 0 Å². The highest BCUT2D eigenvalue weighted by molar-refractivity contribution is 5.79. The van der Waals surface area contributed by atoms with Gasteiger partial charge in [0, 0.05) is 38.6 Å². The summed E-state index contributed by atoms with van der Waals surface area (Å²) in [5.41, 5.74) is 5.51. The number of likely N-dealkylation sites (N-methyl/N-ethyl adjacent to an activating group) is 1. The van der Waals surface area contributed by atoms with E-state index in [-0.39, 0.29) is 11.9 Å². The maximum absolute atomic E-state index is 8.56. The van der Waals surface area contributed by atoms with Gasteiger partial charge in [-0.15, -0.1) is 0 Å². The van der Waals surface area contributed by atoms with E-state index in [1.807, 2.05) is 0 Å². The summed E-state index contributed by atoms with van der Waals surface area (Å²) in [6, 6.07) is 0.423. The first-order valence-electron chi connectivity index (χ1n) is 6.53. The lowest BCUT2D eigenvalue weighted by Crippen LogP contribution is -2.48. The molecule has 0 amide bonds. The van der Waals surface area contributed by atoms with Gasteiger partial charge in [-0.25, -0.2) is 0 Å². The monoisotopic (exact) mass is 258 g/mol. The lowest BCUT2D eigenvalue weighted by Gasteiger charge is -2.35. The fourth-order valence-electron chi connectivity index (χ4n) is 2.11. The zero-order valence-electron chi connectivity index (χ0n) is 11.7. The Morgan fingerprint density at radius 1 is 1.61 bits per heavy atom. The fourth-order valence-corrected chi connectivity index (χ4v) is 2.11. The smallest absolute Gasteiger partial charge is 0.140 e. The highest BCUT2D eigenvalue weighted by Gasteiger charge is 2.21. The van der Waals surface area contributed by atoms with Gasteiger partial charge in [-0.2, -0.15) is 0 Å². The third-order valence-electron chi connectivity index (χ3n) is 3.29. The molecular weight excluding hydrogens is 232 g/mol. The van der Waals surface area contributed by atoms with E-state index in [9.17, 15) is 0 Å². The molecule has 0 aromatic carbocycles. The fraction of sp³-hybridized carbons (Fsp3) is 0.917. The van der Waals surface area contributed by atoms with E-state index in [2.05, 4.69) is 35.9 Å². The normalized spacial score (nSPS) is 22.9. The molecule has 0 radical (unpaired) electrons. The van der Waals surface area contributed by atoms with Crippen LogP contribution in [0, 0.1) is 0 Å². The van der Waals surface area contributed by atoms with Gasteiger partial charge in [0.2, 0.25) is 0 Å². The number of hydrogen-bond acceptors (Lipinski definition) is 5. The summed E-state index contributed by atoms with van der Waals surface area (Å²) in [7, 11) is 2.12. The number of amidine groups is 1. The van der Waals surface area contributed by atoms with Crippen LogP contribution in [-0.2, 0) is 4.74 Å². The van der Waals surface area contributed by atoms with Gasteiger partial charge in [0.1, 0.15) is 5.84 Å². The van der Waals surface area contributed by atoms with E-state index in [0.29, 0.717) is 12.5 Å². The second-order valence-corrected chi connectivity index (χ2v) is 5.19. The maximum Gasteiger partial charge on any atom is 0.140 e. The molecule has 1 aliphatic rings. The van der Waals surface area contributed by atoms with Gasteiger partial charge >= 0.3 is 0 Å². The van der Waals surface area contributed by atoms with Crippen LogP contribution in [0.2, 0.25) is 0 Å². The minimum Gasteiger partial charge on any atom is -0.409 e. The topological polar surface area (TPSA) is 74.3 Å². The Labute approximate surface area is 109 Å². The largest absolute Gasteiger partial charge is 0.409 e. The van der Waals surface area contributed by atoms with Crippen molar-refractivity contribution in [3.8, 4) is 0 Å². The SMILES string of the molecule is CC(C)N(CCC(N)=NO)CC1CN(C)CCO1. The van der Waals surface area contributed by atoms with Crippen LogP contribution in [0.3, 0.4) is 0 Å². The first kappa shape index (κ1) is 15.2. The first-order chi connectivity index (χ1) is 8.52. The number of nitrogens with zero attached hydrogens (tertiary/aromatic N) is 3. The van der Waals surface area contributed by atoms with Crippen LogP contribution in [-0.4, -0.2) is 72.8 Å². The Morgan fingerprint density at radius 3 is 2.89 bits per heavy atom. The molecule has 0 aromatic heterocycles. The van der Waals surface area contributed by atoms with Crippen molar-refractivity contribution in [3.05, 3.63) is 0 Å². The Kier molecular flexibility index (Phi) is 6.38. The molecule has 0 saturated carbocycles. The number of hydrogen-bond donors (Lipinski definition) is 2. The first-order valence-corrected chi connectivity index (χ1v) is 6.53. The number of nitrogens with two attached hydrogens (primary N) is 1. The number of ether oxygens (including phenoxy) is 1. The summed E-state index contributed by atoms with van der Waals surface area (Å²) < 4.78 is 5.77. The van der Waals surface area contributed by atoms with Gasteiger partial charge < -0.3 is 20.6 Å². The van der Waals surface area contributed by atoms with Crippen LogP contribution in [0.1, 0.15) is 20.3 Å². The van der Waals surface area contributed by atoms with Gasteiger partial charge in [-0.3, -0.25) is 4.90 Å². The molecule has 1 fully saturated rings. The molecule has 1 rings (SSSR count). The quantitative estimate of drug-likeness (QED) is 0.307. The molecule has 0 aliphatic carbocycles. The predicted molar refractivity (Wildman–Crippen MR) is 72.0 cm³/mol. The predicted octanol–water partition coefficient (Wildman–Crippen LogP) is 0.164. The van der Waals surface area contributed by atoms with Crippen LogP contribution in [0.25, 0.3) is 0 Å². The Hall–Kier alpha value is -0.850. The molecule has 0 bridgehead atoms. The lowest BCUT2D eigenvalue weighted by atomic mass is 10.2. The summed E-state index contributed by atoms with van der Waals surface area (Å²) in [6.07, 6.45) is 0.829. The van der Waals surface area contributed by atoms with Gasteiger partial charge in [0.05, 0.1) is 12.7 Å². The number of morpholine rings is 1. The lowest BCUT2D eigenvalue weighted by molar-refractivity contribution is -0.0392. The van der Waals surface area contributed by atoms with E-state index in [1.165, 1.54) is 0 Å². The molecule has 0 aromatic rings. The van der Waals surface area contributed by atoms with Crippen molar-refractivity contribution in [2.75, 3.05) is 39.8 Å². The van der Waals surface area contributed by atoms with Crippen molar-refractivity contribution in [1.82, 2.24) is 9.80 Å². The molecule has 1 atom stereocenters. The molecule has 106 valence electrons. The molecule has 1 unspecified atom stereocenters. The van der Waals surface area contributed by atoms with Gasteiger partial charge in [-0.1, -0.05) is 5.16 Å². The van der Waals surface area contributed by atoms with E-state index >= 15 is 0 Å². The Balaban J connectivity index is 2.41. The minimum absolute atomic E-state index is 0.249. The van der Waals surface area contributed by atoms with Gasteiger partial charge in [0.25, 0.3) is 0 Å². The average molecular weight is 258 g/mol. The Bertz CT molecular complexity index is 271. The standard InChI is InChI=1S/C12H26N4O2/c1-10(2)16(5-4-12(13)14-17)9-11-8-15(3)6-7-18-11/h10-11,17H,4-9H2,1-3H3,(H2,13,14). The van der Waals surface area contributed by atoms with Gasteiger partial charge in [0.15, 0.2) is 0 Å². The number of rotatable bonds is 6. The highest BCUT2D eigenvalue weighted by Crippen LogP contribution is 2.08. The minimum atomic E-state index is 0.249. The van der Waals surface area contributed by atoms with Crippen molar-refractivity contribution in [1.29, 1.82) is 0 Å². The molecule has 1 heterocycles. The van der Waals surface area contributed by atoms with Crippen LogP contribution in [0.4, 0.5) is 0 Å². The molecule has 6 nitrogen and oxygen atoms in total. The highest BCUT2D eigenvalue weighted by atomic mass is 16.5. The van der Waals surface area contributed by atoms with Crippen LogP contribution >= 0.6 is 0 Å². The molecule has 6 heteroatoms. The van der Waals surface area contributed by atoms with E-state index in [1.54, 1.807) is 0 Å². The Morgan fingerprint density at radius 2 is 2.33 bits per heavy atom. The van der Waals surface area contributed by atoms with Crippen LogP contribution in [0.5, 0.6) is 0 Å². The summed E-state index contributed by atoms with van der Waals surface area (Å²) in [6.45, 7) is 8.75. The second kappa shape index (κ2) is 7.56. The van der Waals surface area contributed by atoms with Gasteiger partial charge in [-0.05, 0) is 20.9 Å². The van der Waals surface area contributed by atoms with Crippen LogP contribution in [0.15, 0.2) is 5.16 Å². The summed E-state index contributed by atoms with van der Waals surface area (Å²) in [5.74, 6) is 0.280. The molecule has 1 saturated heterocycles. The van der Waals surface area contributed by atoms with Crippen molar-refractivity contribution in [2.24, 2.45) is 10.9 Å². The maximum atomic E-state index is 8.56. The van der Waals surface area contributed by atoms with Crippen molar-refractivity contribution >= 4 is 5.84 Å². The molecular formula is C12H26N4O2. The molecule has 18 heavy (non-hydrogen) atoms. The van der Waals surface area contributed by atoms with Crippen molar-refractivity contribution in [3.63, 3.8) is 0 Å². The summed E-state index contributed by atoms with van der Waals surface area (Å²) in [5, 5.41) is 11.6. The molecule has 3 N–H and O–H groups in total. The third-order valence-corrected chi connectivity index (χ3v) is 3.29.